The zero-order valence-corrected chi connectivity index (χ0v) is 19.6. The molecule has 0 aliphatic heterocycles. The number of hydrogen-bond donors (Lipinski definition) is 1. The van der Waals surface area contributed by atoms with E-state index in [9.17, 15) is 9.36 Å². The standard InChI is InChI=1S/C13H17N4O2P.CH4.2Y/c1-4-9-6-10-7-14-13(15-8-20(3)19)16-11(10)17(5-2)12(9)18;;;/h6-7H,4-5,8H2,1-3H3;1H4;;/p+1. The first-order chi connectivity index (χ1) is 9.56. The fraction of sp³-hybridized carbons (Fsp3) is 0.500. The van der Waals surface area contributed by atoms with Crippen molar-refractivity contribution < 1.29 is 70.0 Å². The first-order valence-corrected chi connectivity index (χ1v) is 8.47. The van der Waals surface area contributed by atoms with Crippen LogP contribution in [0.2, 0.25) is 0 Å². The van der Waals surface area contributed by atoms with E-state index >= 15 is 0 Å². The molecular formula is C14H22N4O2PY2+. The SMILES string of the molecule is C.CCc1cc2cnc(NC[P+](C)=O)nc2n(CC)c1=O.[Y].[Y]. The van der Waals surface area contributed by atoms with E-state index in [0.717, 1.165) is 10.9 Å². The molecule has 0 aromatic carbocycles. The normalized spacial score (nSPS) is 10.1. The van der Waals surface area contributed by atoms with Crippen molar-refractivity contribution in [2.75, 3.05) is 18.3 Å². The quantitative estimate of drug-likeness (QED) is 0.657. The number of nitrogens with zero attached hydrogens (tertiary/aromatic N) is 3. The number of pyridine rings is 1. The molecule has 2 aromatic heterocycles. The van der Waals surface area contributed by atoms with Crippen LogP contribution in [0.25, 0.3) is 11.0 Å². The second-order valence-electron chi connectivity index (χ2n) is 4.51. The Balaban J connectivity index is 0. The first kappa shape index (κ1) is 25.6. The molecule has 1 unspecified atom stereocenters. The average Bonchev–Trinajstić information content (AvgIpc) is 2.44. The molecule has 0 amide bonds. The molecule has 9 heteroatoms. The van der Waals surface area contributed by atoms with Gasteiger partial charge >= 0.3 is 7.80 Å². The van der Waals surface area contributed by atoms with E-state index in [1.54, 1.807) is 17.4 Å². The van der Waals surface area contributed by atoms with Crippen molar-refractivity contribution in [1.29, 1.82) is 0 Å². The molecule has 2 heterocycles. The predicted molar refractivity (Wildman–Crippen MR) is 87.6 cm³/mol. The summed E-state index contributed by atoms with van der Waals surface area (Å²) in [5.41, 5.74) is 1.37. The molecule has 1 atom stereocenters. The van der Waals surface area contributed by atoms with E-state index < -0.39 is 7.80 Å². The second-order valence-corrected chi connectivity index (χ2v) is 6.08. The number of aryl methyl sites for hydroxylation is 2. The summed E-state index contributed by atoms with van der Waals surface area (Å²) in [4.78, 5) is 20.8. The van der Waals surface area contributed by atoms with Crippen LogP contribution in [0.3, 0.4) is 0 Å². The number of fused-ring (bicyclic) bond motifs is 1. The number of anilines is 1. The van der Waals surface area contributed by atoms with Crippen LogP contribution in [-0.2, 0) is 82.9 Å². The Morgan fingerprint density at radius 3 is 2.48 bits per heavy atom. The largest absolute Gasteiger partial charge is 0.356 e. The molecule has 0 spiro atoms. The van der Waals surface area contributed by atoms with Gasteiger partial charge in [0.1, 0.15) is 12.3 Å². The van der Waals surface area contributed by atoms with Crippen LogP contribution >= 0.6 is 7.80 Å². The smallest absolute Gasteiger partial charge is 0.313 e. The predicted octanol–water partition coefficient (Wildman–Crippen LogP) is 2.83. The summed E-state index contributed by atoms with van der Waals surface area (Å²) in [7, 11) is -1.30. The number of hydrogen-bond acceptors (Lipinski definition) is 5. The van der Waals surface area contributed by atoms with E-state index in [0.29, 0.717) is 30.8 Å². The van der Waals surface area contributed by atoms with Crippen LogP contribution in [0.1, 0.15) is 26.8 Å². The maximum Gasteiger partial charge on any atom is 0.356 e. The summed E-state index contributed by atoms with van der Waals surface area (Å²) in [6.07, 6.45) is 2.70. The van der Waals surface area contributed by atoms with Gasteiger partial charge in [0.15, 0.2) is 0 Å². The zero-order valence-electron chi connectivity index (χ0n) is 13.0. The number of rotatable bonds is 5. The van der Waals surface area contributed by atoms with Gasteiger partial charge in [-0.25, -0.2) is 4.98 Å². The van der Waals surface area contributed by atoms with Crippen LogP contribution in [0.5, 0.6) is 0 Å². The van der Waals surface area contributed by atoms with E-state index in [1.165, 1.54) is 0 Å². The minimum absolute atomic E-state index is 0. The van der Waals surface area contributed by atoms with E-state index in [1.807, 2.05) is 19.9 Å². The Bertz CT molecular complexity index is 722. The zero-order chi connectivity index (χ0) is 14.7. The summed E-state index contributed by atoms with van der Waals surface area (Å²) < 4.78 is 12.8. The van der Waals surface area contributed by atoms with Gasteiger partial charge in [-0.2, -0.15) is 4.98 Å². The van der Waals surface area contributed by atoms with Gasteiger partial charge in [-0.3, -0.25) is 9.36 Å². The summed E-state index contributed by atoms with van der Waals surface area (Å²) >= 11 is 0. The molecule has 23 heavy (non-hydrogen) atoms. The minimum atomic E-state index is -1.30. The van der Waals surface area contributed by atoms with Gasteiger partial charge in [-0.1, -0.05) is 18.9 Å². The summed E-state index contributed by atoms with van der Waals surface area (Å²) in [6.45, 7) is 6.07. The van der Waals surface area contributed by atoms with Gasteiger partial charge in [0, 0.05) is 89.1 Å². The fourth-order valence-electron chi connectivity index (χ4n) is 2.03. The van der Waals surface area contributed by atoms with Crippen molar-refractivity contribution >= 4 is 24.8 Å². The van der Waals surface area contributed by atoms with Crippen LogP contribution in [0.15, 0.2) is 17.1 Å². The molecule has 0 fully saturated rings. The Labute approximate surface area is 188 Å². The topological polar surface area (TPSA) is 76.9 Å². The van der Waals surface area contributed by atoms with Crippen LogP contribution in [-0.4, -0.2) is 27.5 Å². The third-order valence-electron chi connectivity index (χ3n) is 3.06. The Kier molecular flexibility index (Phi) is 13.2. The van der Waals surface area contributed by atoms with Crippen LogP contribution in [0.4, 0.5) is 5.95 Å². The maximum absolute atomic E-state index is 12.3. The van der Waals surface area contributed by atoms with Gasteiger partial charge in [-0.05, 0) is 19.4 Å². The van der Waals surface area contributed by atoms with Crippen molar-refractivity contribution in [3.8, 4) is 0 Å². The van der Waals surface area contributed by atoms with Gasteiger partial charge in [0.2, 0.25) is 12.2 Å². The van der Waals surface area contributed by atoms with Gasteiger partial charge in [0.05, 0.1) is 0 Å². The Morgan fingerprint density at radius 2 is 1.96 bits per heavy atom. The van der Waals surface area contributed by atoms with E-state index in [4.69, 9.17) is 0 Å². The first-order valence-electron chi connectivity index (χ1n) is 6.58. The molecule has 1 N–H and O–H groups in total. The monoisotopic (exact) mass is 487 g/mol. The fourth-order valence-corrected chi connectivity index (χ4v) is 2.40. The van der Waals surface area contributed by atoms with Gasteiger partial charge < -0.3 is 5.32 Å². The van der Waals surface area contributed by atoms with Gasteiger partial charge in [0.25, 0.3) is 5.56 Å². The molecule has 0 bridgehead atoms. The average molecular weight is 487 g/mol. The summed E-state index contributed by atoms with van der Waals surface area (Å²) in [6, 6.07) is 1.84. The van der Waals surface area contributed by atoms with Crippen molar-refractivity contribution in [3.05, 3.63) is 28.2 Å². The molecule has 2 radical (unpaired) electrons. The number of aromatic nitrogens is 3. The molecule has 2 rings (SSSR count). The molecule has 120 valence electrons. The van der Waals surface area contributed by atoms with E-state index in [-0.39, 0.29) is 78.4 Å². The van der Waals surface area contributed by atoms with Crippen molar-refractivity contribution in [2.45, 2.75) is 34.2 Å². The molecule has 0 aliphatic carbocycles. The minimum Gasteiger partial charge on any atom is -0.313 e. The van der Waals surface area contributed by atoms with Crippen molar-refractivity contribution in [2.24, 2.45) is 0 Å². The van der Waals surface area contributed by atoms with Crippen molar-refractivity contribution in [1.82, 2.24) is 14.5 Å². The molecule has 0 aliphatic rings. The van der Waals surface area contributed by atoms with Gasteiger partial charge in [-0.15, -0.1) is 0 Å². The molecule has 0 saturated heterocycles. The second kappa shape index (κ2) is 11.9. The van der Waals surface area contributed by atoms with Crippen molar-refractivity contribution in [3.63, 3.8) is 0 Å². The number of nitrogens with one attached hydrogen (secondary N) is 1. The molecule has 2 aromatic rings. The van der Waals surface area contributed by atoms with Crippen LogP contribution < -0.4 is 10.9 Å². The van der Waals surface area contributed by atoms with E-state index in [2.05, 4.69) is 15.3 Å². The Morgan fingerprint density at radius 1 is 1.30 bits per heavy atom. The molecule has 0 saturated carbocycles. The summed E-state index contributed by atoms with van der Waals surface area (Å²) in [5, 5.41) is 3.76. The summed E-state index contributed by atoms with van der Waals surface area (Å²) in [5.74, 6) is 0.397. The maximum atomic E-state index is 12.3. The third kappa shape index (κ3) is 6.32. The molecular weight excluding hydrogens is 465 g/mol. The molecule has 6 nitrogen and oxygen atoms in total. The van der Waals surface area contributed by atoms with Crippen LogP contribution in [0, 0.1) is 0 Å². The third-order valence-corrected chi connectivity index (χ3v) is 3.66. The Hall–Kier alpha value is 0.398.